The first-order chi connectivity index (χ1) is 8.08. The molecule has 3 rings (SSSR count). The molecule has 1 unspecified atom stereocenters. The van der Waals surface area contributed by atoms with Crippen LogP contribution in [0.4, 0.5) is 0 Å². The van der Waals surface area contributed by atoms with Crippen molar-refractivity contribution < 1.29 is 14.7 Å². The maximum atomic E-state index is 12.0. The molecule has 1 saturated carbocycles. The summed E-state index contributed by atoms with van der Waals surface area (Å²) in [5.74, 6) is 0.299. The van der Waals surface area contributed by atoms with Gasteiger partial charge < -0.3 is 15.3 Å². The Kier molecular flexibility index (Phi) is 2.38. The van der Waals surface area contributed by atoms with Gasteiger partial charge in [0.2, 0.25) is 11.8 Å². The molecule has 0 aromatic heterocycles. The summed E-state index contributed by atoms with van der Waals surface area (Å²) in [6, 6.07) is -0.337. The first-order valence-electron chi connectivity index (χ1n) is 6.10. The van der Waals surface area contributed by atoms with Crippen molar-refractivity contribution in [3.8, 4) is 0 Å². The topological polar surface area (TPSA) is 81.7 Å². The second kappa shape index (κ2) is 3.68. The van der Waals surface area contributed by atoms with Crippen LogP contribution < -0.4 is 10.6 Å². The third-order valence-corrected chi connectivity index (χ3v) is 3.89. The minimum atomic E-state index is -0.631. The summed E-state index contributed by atoms with van der Waals surface area (Å²) in [4.78, 5) is 24.6. The first kappa shape index (κ1) is 11.0. The Morgan fingerprint density at radius 2 is 2.12 bits per heavy atom. The Balaban J connectivity index is 1.52. The second-order valence-corrected chi connectivity index (χ2v) is 5.31. The molecule has 94 valence electrons. The Morgan fingerprint density at radius 3 is 2.65 bits per heavy atom. The molecule has 6 heteroatoms. The predicted octanol–water partition coefficient (Wildman–Crippen LogP) is -1.94. The average molecular weight is 239 g/mol. The molecule has 0 aromatic carbocycles. The summed E-state index contributed by atoms with van der Waals surface area (Å²) in [5, 5.41) is 15.7. The normalized spacial score (nSPS) is 31.7. The fraction of sp³-hybridized carbons (Fsp3) is 0.818. The van der Waals surface area contributed by atoms with Gasteiger partial charge in [-0.2, -0.15) is 0 Å². The number of carbonyl (C=O) groups is 2. The number of β-amino-alcohol motifs (C(OH)–C–C–N with tert-alkyl or cyclic N) is 1. The molecule has 0 bridgehead atoms. The van der Waals surface area contributed by atoms with Crippen LogP contribution in [0, 0.1) is 5.92 Å². The highest BCUT2D eigenvalue weighted by molar-refractivity contribution is 5.87. The van der Waals surface area contributed by atoms with Gasteiger partial charge in [0, 0.05) is 6.54 Å². The van der Waals surface area contributed by atoms with E-state index in [-0.39, 0.29) is 24.4 Å². The van der Waals surface area contributed by atoms with Gasteiger partial charge in [0.25, 0.3) is 0 Å². The molecule has 2 amide bonds. The largest absolute Gasteiger partial charge is 0.386 e. The Bertz CT molecular complexity index is 351. The molecule has 0 spiro atoms. The van der Waals surface area contributed by atoms with Crippen molar-refractivity contribution in [1.82, 2.24) is 15.5 Å². The molecule has 0 aromatic rings. The molecule has 3 aliphatic rings. The number of rotatable bonds is 2. The van der Waals surface area contributed by atoms with Gasteiger partial charge in [-0.15, -0.1) is 0 Å². The van der Waals surface area contributed by atoms with Crippen molar-refractivity contribution in [1.29, 1.82) is 0 Å². The minimum absolute atomic E-state index is 0.0182. The number of hydrogen-bond acceptors (Lipinski definition) is 4. The molecule has 1 aliphatic carbocycles. The fourth-order valence-corrected chi connectivity index (χ4v) is 2.61. The van der Waals surface area contributed by atoms with Gasteiger partial charge in [0.05, 0.1) is 19.6 Å². The number of piperazine rings is 1. The van der Waals surface area contributed by atoms with Gasteiger partial charge in [-0.05, 0) is 18.8 Å². The van der Waals surface area contributed by atoms with E-state index in [9.17, 15) is 14.7 Å². The van der Waals surface area contributed by atoms with Crippen LogP contribution in [0.3, 0.4) is 0 Å². The predicted molar refractivity (Wildman–Crippen MR) is 59.1 cm³/mol. The molecular formula is C11H17N3O3. The fourth-order valence-electron chi connectivity index (χ4n) is 2.61. The average Bonchev–Trinajstić information content (AvgIpc) is 3.09. The number of aliphatic hydroxyl groups is 1. The second-order valence-electron chi connectivity index (χ2n) is 5.31. The van der Waals surface area contributed by atoms with Crippen LogP contribution in [0.1, 0.15) is 12.8 Å². The number of likely N-dealkylation sites (tertiary alicyclic amines) is 1. The monoisotopic (exact) mass is 239 g/mol. The van der Waals surface area contributed by atoms with E-state index in [1.807, 2.05) is 0 Å². The molecule has 3 fully saturated rings. The van der Waals surface area contributed by atoms with Crippen molar-refractivity contribution in [3.63, 3.8) is 0 Å². The van der Waals surface area contributed by atoms with Crippen LogP contribution in [0.15, 0.2) is 0 Å². The molecule has 1 atom stereocenters. The highest BCUT2D eigenvalue weighted by Crippen LogP contribution is 2.44. The van der Waals surface area contributed by atoms with E-state index < -0.39 is 5.60 Å². The van der Waals surface area contributed by atoms with Crippen LogP contribution in [0.25, 0.3) is 0 Å². The Hall–Kier alpha value is -1.14. The van der Waals surface area contributed by atoms with Crippen LogP contribution in [-0.2, 0) is 9.59 Å². The number of amides is 2. The maximum Gasteiger partial charge on any atom is 0.241 e. The van der Waals surface area contributed by atoms with E-state index in [4.69, 9.17) is 0 Å². The van der Waals surface area contributed by atoms with E-state index in [1.165, 1.54) is 0 Å². The van der Waals surface area contributed by atoms with Gasteiger partial charge in [-0.3, -0.25) is 14.9 Å². The van der Waals surface area contributed by atoms with Crippen LogP contribution in [0.5, 0.6) is 0 Å². The summed E-state index contributed by atoms with van der Waals surface area (Å²) in [6.45, 7) is 1.43. The van der Waals surface area contributed by atoms with Crippen molar-refractivity contribution in [2.45, 2.75) is 24.5 Å². The zero-order valence-electron chi connectivity index (χ0n) is 9.61. The molecular weight excluding hydrogens is 222 g/mol. The minimum Gasteiger partial charge on any atom is -0.386 e. The molecule has 17 heavy (non-hydrogen) atoms. The smallest absolute Gasteiger partial charge is 0.241 e. The summed E-state index contributed by atoms with van der Waals surface area (Å²) in [5.41, 5.74) is -0.631. The van der Waals surface area contributed by atoms with Crippen molar-refractivity contribution >= 4 is 11.8 Å². The van der Waals surface area contributed by atoms with Gasteiger partial charge in [0.1, 0.15) is 11.6 Å². The lowest BCUT2D eigenvalue weighted by Crippen LogP contribution is -2.69. The van der Waals surface area contributed by atoms with E-state index in [2.05, 4.69) is 10.6 Å². The highest BCUT2D eigenvalue weighted by atomic mass is 16.3. The molecule has 0 radical (unpaired) electrons. The number of hydrogen-bond donors (Lipinski definition) is 3. The standard InChI is InChI=1S/C11H17N3O3/c15-9-4-12-8(3-13-9)10(16)14-5-11(17,6-14)7-1-2-7/h7-8,12,17H,1-6H2,(H,13,15). The summed E-state index contributed by atoms with van der Waals surface area (Å²) in [6.07, 6.45) is 2.16. The number of carbonyl (C=O) groups excluding carboxylic acids is 2. The lowest BCUT2D eigenvalue weighted by molar-refractivity contribution is -0.161. The van der Waals surface area contributed by atoms with Crippen molar-refractivity contribution in [2.75, 3.05) is 26.2 Å². The van der Waals surface area contributed by atoms with Crippen LogP contribution >= 0.6 is 0 Å². The molecule has 6 nitrogen and oxygen atoms in total. The van der Waals surface area contributed by atoms with E-state index in [0.717, 1.165) is 12.8 Å². The first-order valence-corrected chi connectivity index (χ1v) is 6.10. The third-order valence-electron chi connectivity index (χ3n) is 3.89. The quantitative estimate of drug-likeness (QED) is 0.523. The summed E-state index contributed by atoms with van der Waals surface area (Å²) < 4.78 is 0. The van der Waals surface area contributed by atoms with Gasteiger partial charge in [-0.25, -0.2) is 0 Å². The molecule has 2 heterocycles. The number of nitrogens with one attached hydrogen (secondary N) is 2. The SMILES string of the molecule is O=C1CNC(C(=O)N2CC(O)(C3CC3)C2)CN1. The third kappa shape index (κ3) is 1.91. The van der Waals surface area contributed by atoms with Crippen molar-refractivity contribution in [3.05, 3.63) is 0 Å². The maximum absolute atomic E-state index is 12.0. The lowest BCUT2D eigenvalue weighted by atomic mass is 9.88. The van der Waals surface area contributed by atoms with E-state index in [0.29, 0.717) is 25.6 Å². The zero-order chi connectivity index (χ0) is 12.0. The van der Waals surface area contributed by atoms with Gasteiger partial charge in [-0.1, -0.05) is 0 Å². The van der Waals surface area contributed by atoms with E-state index in [1.54, 1.807) is 4.90 Å². The van der Waals surface area contributed by atoms with Crippen molar-refractivity contribution in [2.24, 2.45) is 5.92 Å². The lowest BCUT2D eigenvalue weighted by Gasteiger charge is -2.48. The zero-order valence-corrected chi connectivity index (χ0v) is 9.61. The molecule has 3 N–H and O–H groups in total. The van der Waals surface area contributed by atoms with Gasteiger partial charge >= 0.3 is 0 Å². The Morgan fingerprint density at radius 1 is 1.41 bits per heavy atom. The summed E-state index contributed by atoms with van der Waals surface area (Å²) in [7, 11) is 0. The van der Waals surface area contributed by atoms with Crippen LogP contribution in [-0.4, -0.2) is 59.6 Å². The number of nitrogens with zero attached hydrogens (tertiary/aromatic N) is 1. The van der Waals surface area contributed by atoms with E-state index >= 15 is 0 Å². The van der Waals surface area contributed by atoms with Gasteiger partial charge in [0.15, 0.2) is 0 Å². The molecule has 2 aliphatic heterocycles. The Labute approximate surface area is 99.3 Å². The highest BCUT2D eigenvalue weighted by Gasteiger charge is 2.53. The summed E-state index contributed by atoms with van der Waals surface area (Å²) >= 11 is 0. The molecule has 2 saturated heterocycles. The van der Waals surface area contributed by atoms with Crippen LogP contribution in [0.2, 0.25) is 0 Å².